The Kier molecular flexibility index (Phi) is 2.38. The fourth-order valence-corrected chi connectivity index (χ4v) is 1.46. The lowest BCUT2D eigenvalue weighted by Crippen LogP contribution is -2.11. The van der Waals surface area contributed by atoms with Gasteiger partial charge < -0.3 is 5.11 Å². The maximum Gasteiger partial charge on any atom is 0.451 e. The van der Waals surface area contributed by atoms with Crippen LogP contribution < -0.4 is 0 Å². The molecule has 1 aromatic heterocycles. The zero-order chi connectivity index (χ0) is 11.9. The first-order valence-corrected chi connectivity index (χ1v) is 4.50. The molecule has 0 saturated carbocycles. The van der Waals surface area contributed by atoms with E-state index >= 15 is 0 Å². The fraction of sp³-hybridized carbons (Fsp3) is 0.111. The first kappa shape index (κ1) is 10.9. The third-order valence-corrected chi connectivity index (χ3v) is 2.20. The van der Waals surface area contributed by atoms with Gasteiger partial charge in [-0.2, -0.15) is 13.2 Å². The van der Waals surface area contributed by atoms with Crippen LogP contribution in [0.2, 0.25) is 5.15 Å². The van der Waals surface area contributed by atoms with Crippen LogP contribution in [0.3, 0.4) is 0 Å². The van der Waals surface area contributed by atoms with Gasteiger partial charge in [-0.15, -0.1) is 0 Å². The van der Waals surface area contributed by atoms with Crippen molar-refractivity contribution >= 4 is 22.5 Å². The standard InChI is InChI=1S/C9H4ClF3N2O/c10-7-4-2-1-3-5(16)6(4)14-8(15-7)9(11,12)13/h1-3,16H. The highest BCUT2D eigenvalue weighted by molar-refractivity contribution is 6.34. The lowest BCUT2D eigenvalue weighted by Gasteiger charge is -2.07. The molecular formula is C9H4ClF3N2O. The second kappa shape index (κ2) is 3.48. The smallest absolute Gasteiger partial charge is 0.451 e. The van der Waals surface area contributed by atoms with Gasteiger partial charge >= 0.3 is 6.18 Å². The Balaban J connectivity index is 2.81. The number of alkyl halides is 3. The first-order valence-electron chi connectivity index (χ1n) is 4.12. The zero-order valence-corrected chi connectivity index (χ0v) is 8.34. The molecule has 2 rings (SSSR count). The average Bonchev–Trinajstić information content (AvgIpc) is 2.18. The Labute approximate surface area is 92.5 Å². The minimum Gasteiger partial charge on any atom is -0.506 e. The van der Waals surface area contributed by atoms with Crippen LogP contribution in [-0.4, -0.2) is 15.1 Å². The van der Waals surface area contributed by atoms with Gasteiger partial charge in [-0.1, -0.05) is 17.7 Å². The Morgan fingerprint density at radius 1 is 1.19 bits per heavy atom. The molecule has 0 spiro atoms. The summed E-state index contributed by atoms with van der Waals surface area (Å²) in [5.74, 6) is -1.74. The number of fused-ring (bicyclic) bond motifs is 1. The van der Waals surface area contributed by atoms with Gasteiger partial charge in [0.15, 0.2) is 0 Å². The van der Waals surface area contributed by atoms with E-state index in [4.69, 9.17) is 11.6 Å². The summed E-state index contributed by atoms with van der Waals surface area (Å²) in [6, 6.07) is 4.10. The molecule has 7 heteroatoms. The highest BCUT2D eigenvalue weighted by atomic mass is 35.5. The van der Waals surface area contributed by atoms with Crippen molar-refractivity contribution in [2.75, 3.05) is 0 Å². The number of aromatic nitrogens is 2. The van der Waals surface area contributed by atoms with Crippen molar-refractivity contribution in [1.82, 2.24) is 9.97 Å². The molecule has 0 saturated heterocycles. The molecular weight excluding hydrogens is 245 g/mol. The lowest BCUT2D eigenvalue weighted by molar-refractivity contribution is -0.144. The predicted octanol–water partition coefficient (Wildman–Crippen LogP) is 3.01. The summed E-state index contributed by atoms with van der Waals surface area (Å²) in [5.41, 5.74) is -0.213. The molecule has 0 atom stereocenters. The molecule has 84 valence electrons. The largest absolute Gasteiger partial charge is 0.506 e. The number of hydrogen-bond donors (Lipinski definition) is 1. The average molecular weight is 249 g/mol. The summed E-state index contributed by atoms with van der Waals surface area (Å²) in [6.07, 6.45) is -4.69. The van der Waals surface area contributed by atoms with Gasteiger partial charge in [0.1, 0.15) is 16.4 Å². The van der Waals surface area contributed by atoms with Crippen molar-refractivity contribution in [2.45, 2.75) is 6.18 Å². The van der Waals surface area contributed by atoms with Crippen LogP contribution >= 0.6 is 11.6 Å². The van der Waals surface area contributed by atoms with Gasteiger partial charge in [0.05, 0.1) is 0 Å². The van der Waals surface area contributed by atoms with E-state index in [1.807, 2.05) is 0 Å². The van der Waals surface area contributed by atoms with E-state index in [0.29, 0.717) is 0 Å². The molecule has 1 aromatic carbocycles. The highest BCUT2D eigenvalue weighted by Crippen LogP contribution is 2.32. The van der Waals surface area contributed by atoms with Crippen LogP contribution in [-0.2, 0) is 6.18 Å². The highest BCUT2D eigenvalue weighted by Gasteiger charge is 2.35. The van der Waals surface area contributed by atoms with Crippen molar-refractivity contribution in [3.8, 4) is 5.75 Å². The van der Waals surface area contributed by atoms with Gasteiger partial charge in [-0.05, 0) is 12.1 Å². The molecule has 0 aliphatic rings. The maximum absolute atomic E-state index is 12.4. The third-order valence-electron chi connectivity index (χ3n) is 1.91. The zero-order valence-electron chi connectivity index (χ0n) is 7.59. The quantitative estimate of drug-likeness (QED) is 0.729. The van der Waals surface area contributed by atoms with Gasteiger partial charge in [0.25, 0.3) is 0 Å². The van der Waals surface area contributed by atoms with E-state index in [2.05, 4.69) is 9.97 Å². The molecule has 1 N–H and O–H groups in total. The van der Waals surface area contributed by atoms with Gasteiger partial charge in [0, 0.05) is 5.39 Å². The van der Waals surface area contributed by atoms with Crippen molar-refractivity contribution < 1.29 is 18.3 Å². The molecule has 0 amide bonds. The summed E-state index contributed by atoms with van der Waals surface area (Å²) in [5, 5.41) is 9.21. The molecule has 1 heterocycles. The van der Waals surface area contributed by atoms with Crippen LogP contribution in [0.25, 0.3) is 10.9 Å². The van der Waals surface area contributed by atoms with Gasteiger partial charge in [0.2, 0.25) is 5.82 Å². The predicted molar refractivity (Wildman–Crippen MR) is 51.2 cm³/mol. The van der Waals surface area contributed by atoms with E-state index in [0.717, 1.165) is 0 Å². The first-order chi connectivity index (χ1) is 7.39. The third kappa shape index (κ3) is 1.76. The second-order valence-corrected chi connectivity index (χ2v) is 3.37. The number of halogens is 4. The monoisotopic (exact) mass is 248 g/mol. The van der Waals surface area contributed by atoms with Crippen LogP contribution in [0.15, 0.2) is 18.2 Å². The summed E-state index contributed by atoms with van der Waals surface area (Å²) in [7, 11) is 0. The van der Waals surface area contributed by atoms with E-state index < -0.39 is 12.0 Å². The summed E-state index contributed by atoms with van der Waals surface area (Å²) in [4.78, 5) is 6.37. The van der Waals surface area contributed by atoms with Crippen LogP contribution in [0.1, 0.15) is 5.82 Å². The number of phenols is 1. The summed E-state index contributed by atoms with van der Waals surface area (Å²) < 4.78 is 37.1. The molecule has 16 heavy (non-hydrogen) atoms. The molecule has 0 aliphatic carbocycles. The number of phenolic OH excluding ortho intramolecular Hbond substituents is 1. The van der Waals surface area contributed by atoms with Crippen LogP contribution in [0.5, 0.6) is 5.75 Å². The number of nitrogens with zero attached hydrogens (tertiary/aromatic N) is 2. The van der Waals surface area contributed by atoms with E-state index in [-0.39, 0.29) is 21.8 Å². The van der Waals surface area contributed by atoms with Crippen molar-refractivity contribution in [3.63, 3.8) is 0 Å². The molecule has 3 nitrogen and oxygen atoms in total. The van der Waals surface area contributed by atoms with Gasteiger partial charge in [-0.25, -0.2) is 9.97 Å². The maximum atomic E-state index is 12.4. The number of hydrogen-bond acceptors (Lipinski definition) is 3. The molecule has 0 bridgehead atoms. The number of benzene rings is 1. The molecule has 0 fully saturated rings. The van der Waals surface area contributed by atoms with Gasteiger partial charge in [-0.3, -0.25) is 0 Å². The number of para-hydroxylation sites is 1. The fourth-order valence-electron chi connectivity index (χ4n) is 1.23. The minimum absolute atomic E-state index is 0.176. The molecule has 0 unspecified atom stereocenters. The molecule has 0 aliphatic heterocycles. The Hall–Kier alpha value is -1.56. The number of rotatable bonds is 0. The minimum atomic E-state index is -4.69. The molecule has 0 radical (unpaired) electrons. The second-order valence-electron chi connectivity index (χ2n) is 3.01. The van der Waals surface area contributed by atoms with Crippen LogP contribution in [0.4, 0.5) is 13.2 Å². The van der Waals surface area contributed by atoms with Crippen molar-refractivity contribution in [3.05, 3.63) is 29.2 Å². The normalized spacial score (nSPS) is 12.0. The number of aromatic hydroxyl groups is 1. The lowest BCUT2D eigenvalue weighted by atomic mass is 10.2. The summed E-state index contributed by atoms with van der Waals surface area (Å²) >= 11 is 5.58. The van der Waals surface area contributed by atoms with E-state index in [9.17, 15) is 18.3 Å². The Bertz CT molecular complexity index is 556. The molecule has 2 aromatic rings. The topological polar surface area (TPSA) is 46.0 Å². The Morgan fingerprint density at radius 2 is 1.88 bits per heavy atom. The van der Waals surface area contributed by atoms with E-state index in [1.54, 1.807) is 0 Å². The van der Waals surface area contributed by atoms with E-state index in [1.165, 1.54) is 18.2 Å². The van der Waals surface area contributed by atoms with Crippen molar-refractivity contribution in [2.24, 2.45) is 0 Å². The summed E-state index contributed by atoms with van der Waals surface area (Å²) in [6.45, 7) is 0. The Morgan fingerprint density at radius 3 is 2.50 bits per heavy atom. The van der Waals surface area contributed by atoms with Crippen molar-refractivity contribution in [1.29, 1.82) is 0 Å². The van der Waals surface area contributed by atoms with Crippen LogP contribution in [0, 0.1) is 0 Å². The SMILES string of the molecule is Oc1cccc2c(Cl)nc(C(F)(F)F)nc12.